The van der Waals surface area contributed by atoms with Gasteiger partial charge in [0, 0.05) is 23.2 Å². The number of nitrogens with zero attached hydrogens (tertiary/aromatic N) is 1. The number of aliphatic hydroxyl groups is 2. The number of sulfonamides is 1. The van der Waals surface area contributed by atoms with E-state index in [0.717, 1.165) is 4.31 Å². The molecule has 7 nitrogen and oxygen atoms in total. The van der Waals surface area contributed by atoms with Crippen LogP contribution in [0.3, 0.4) is 0 Å². The van der Waals surface area contributed by atoms with Gasteiger partial charge in [0.05, 0.1) is 19.3 Å². The van der Waals surface area contributed by atoms with E-state index in [-0.39, 0.29) is 29.4 Å². The summed E-state index contributed by atoms with van der Waals surface area (Å²) in [7, 11) is -2.55. The van der Waals surface area contributed by atoms with E-state index in [9.17, 15) is 18.6 Å². The minimum Gasteiger partial charge on any atom is -0.495 e. The van der Waals surface area contributed by atoms with Crippen molar-refractivity contribution in [3.05, 3.63) is 16.6 Å². The highest BCUT2D eigenvalue weighted by atomic mass is 79.9. The van der Waals surface area contributed by atoms with E-state index in [1.165, 1.54) is 19.2 Å². The number of hydrogen-bond donors (Lipinski definition) is 3. The number of rotatable bonds is 3. The summed E-state index contributed by atoms with van der Waals surface area (Å²) in [4.78, 5) is -0.0954. The van der Waals surface area contributed by atoms with Crippen molar-refractivity contribution >= 4 is 31.6 Å². The molecule has 2 atom stereocenters. The van der Waals surface area contributed by atoms with Crippen LogP contribution in [0.1, 0.15) is 0 Å². The molecule has 1 aromatic rings. The Morgan fingerprint density at radius 1 is 1.35 bits per heavy atom. The number of anilines is 1. The molecule has 9 heteroatoms. The Labute approximate surface area is 125 Å². The van der Waals surface area contributed by atoms with Gasteiger partial charge in [-0.1, -0.05) is 0 Å². The van der Waals surface area contributed by atoms with Gasteiger partial charge in [-0.2, -0.15) is 4.31 Å². The van der Waals surface area contributed by atoms with Crippen LogP contribution in [-0.4, -0.2) is 55.3 Å². The number of benzene rings is 1. The maximum Gasteiger partial charge on any atom is 0.247 e. The highest BCUT2D eigenvalue weighted by Gasteiger charge is 2.39. The van der Waals surface area contributed by atoms with Crippen molar-refractivity contribution in [2.24, 2.45) is 0 Å². The van der Waals surface area contributed by atoms with Crippen molar-refractivity contribution in [1.82, 2.24) is 4.31 Å². The van der Waals surface area contributed by atoms with E-state index in [1.807, 2.05) is 0 Å². The van der Waals surface area contributed by atoms with Crippen LogP contribution in [0.15, 0.2) is 21.5 Å². The molecule has 4 N–H and O–H groups in total. The molecule has 0 radical (unpaired) electrons. The van der Waals surface area contributed by atoms with Crippen molar-refractivity contribution in [2.45, 2.75) is 17.1 Å². The van der Waals surface area contributed by atoms with Crippen molar-refractivity contribution in [3.8, 4) is 5.75 Å². The SMILES string of the molecule is COc1cc(Br)c(N)cc1S(=O)(=O)N1CC(O)C(O)C1. The summed E-state index contributed by atoms with van der Waals surface area (Å²) in [5, 5.41) is 19.0. The van der Waals surface area contributed by atoms with E-state index >= 15 is 0 Å². The fourth-order valence-electron chi connectivity index (χ4n) is 1.98. The number of ether oxygens (including phenoxy) is 1. The third-order valence-corrected chi connectivity index (χ3v) is 5.67. The van der Waals surface area contributed by atoms with Crippen LogP contribution >= 0.6 is 15.9 Å². The van der Waals surface area contributed by atoms with Crippen LogP contribution in [0, 0.1) is 0 Å². The third-order valence-electron chi connectivity index (χ3n) is 3.13. The lowest BCUT2D eigenvalue weighted by Crippen LogP contribution is -2.30. The second kappa shape index (κ2) is 5.49. The lowest BCUT2D eigenvalue weighted by atomic mass is 10.3. The summed E-state index contributed by atoms with van der Waals surface area (Å²) in [5.74, 6) is 0.141. The summed E-state index contributed by atoms with van der Waals surface area (Å²) in [6.07, 6.45) is -2.19. The zero-order valence-electron chi connectivity index (χ0n) is 10.7. The molecule has 0 aliphatic carbocycles. The van der Waals surface area contributed by atoms with Gasteiger partial charge in [0.1, 0.15) is 10.6 Å². The molecule has 1 aromatic carbocycles. The first-order valence-corrected chi connectivity index (χ1v) is 8.00. The van der Waals surface area contributed by atoms with E-state index < -0.39 is 22.2 Å². The number of hydrogen-bond acceptors (Lipinski definition) is 6. The molecule has 0 aromatic heterocycles. The Balaban J connectivity index is 2.47. The molecule has 2 rings (SSSR count). The smallest absolute Gasteiger partial charge is 0.247 e. The summed E-state index contributed by atoms with van der Waals surface area (Å²) in [5.41, 5.74) is 5.96. The van der Waals surface area contributed by atoms with Gasteiger partial charge in [0.25, 0.3) is 0 Å². The maximum absolute atomic E-state index is 12.5. The Kier molecular flexibility index (Phi) is 4.26. The zero-order chi connectivity index (χ0) is 15.1. The van der Waals surface area contributed by atoms with Crippen LogP contribution in [-0.2, 0) is 10.0 Å². The van der Waals surface area contributed by atoms with Crippen LogP contribution in [0.5, 0.6) is 5.75 Å². The second-order valence-corrected chi connectivity index (χ2v) is 7.24. The molecule has 1 aliphatic heterocycles. The van der Waals surface area contributed by atoms with Gasteiger partial charge in [0.2, 0.25) is 10.0 Å². The van der Waals surface area contributed by atoms with Crippen molar-refractivity contribution in [1.29, 1.82) is 0 Å². The van der Waals surface area contributed by atoms with E-state index in [4.69, 9.17) is 10.5 Å². The number of nitrogen functional groups attached to an aromatic ring is 1. The molecule has 1 saturated heterocycles. The van der Waals surface area contributed by atoms with Gasteiger partial charge in [0.15, 0.2) is 0 Å². The fraction of sp³-hybridized carbons (Fsp3) is 0.455. The summed E-state index contributed by atoms with van der Waals surface area (Å²) >= 11 is 3.20. The predicted molar refractivity (Wildman–Crippen MR) is 75.9 cm³/mol. The normalized spacial score (nSPS) is 24.0. The van der Waals surface area contributed by atoms with Gasteiger partial charge in [-0.05, 0) is 28.1 Å². The Hall–Kier alpha value is -0.870. The summed E-state index contributed by atoms with van der Waals surface area (Å²) < 4.78 is 31.6. The molecule has 2 unspecified atom stereocenters. The van der Waals surface area contributed by atoms with Gasteiger partial charge in [-0.3, -0.25) is 0 Å². The van der Waals surface area contributed by atoms with Gasteiger partial charge < -0.3 is 20.7 Å². The second-order valence-electron chi connectivity index (χ2n) is 4.48. The van der Waals surface area contributed by atoms with Crippen LogP contribution < -0.4 is 10.5 Å². The van der Waals surface area contributed by atoms with E-state index in [2.05, 4.69) is 15.9 Å². The third kappa shape index (κ3) is 2.63. The van der Waals surface area contributed by atoms with Crippen molar-refractivity contribution < 1.29 is 23.4 Å². The molecule has 112 valence electrons. The molecule has 0 spiro atoms. The standard InChI is InChI=1S/C11H15BrN2O5S/c1-19-10-2-6(12)7(13)3-11(10)20(17,18)14-4-8(15)9(16)5-14/h2-3,8-9,15-16H,4-5,13H2,1H3. The largest absolute Gasteiger partial charge is 0.495 e. The summed E-state index contributed by atoms with van der Waals surface area (Å²) in [6, 6.07) is 2.75. The average molecular weight is 367 g/mol. The minimum atomic E-state index is -3.90. The van der Waals surface area contributed by atoms with E-state index in [0.29, 0.717) is 4.47 Å². The molecule has 1 fully saturated rings. The lowest BCUT2D eigenvalue weighted by molar-refractivity contribution is 0.0572. The lowest BCUT2D eigenvalue weighted by Gasteiger charge is -2.18. The number of β-amino-alcohol motifs (C(OH)–C–C–N with tert-alkyl or cyclic N) is 2. The van der Waals surface area contributed by atoms with Crippen LogP contribution in [0.25, 0.3) is 0 Å². The molecule has 20 heavy (non-hydrogen) atoms. The van der Waals surface area contributed by atoms with Gasteiger partial charge in [-0.15, -0.1) is 0 Å². The molecule has 0 bridgehead atoms. The number of methoxy groups -OCH3 is 1. The topological polar surface area (TPSA) is 113 Å². The quantitative estimate of drug-likeness (QED) is 0.636. The average Bonchev–Trinajstić information content (AvgIpc) is 2.73. The number of aliphatic hydroxyl groups excluding tert-OH is 2. The highest BCUT2D eigenvalue weighted by Crippen LogP contribution is 2.34. The van der Waals surface area contributed by atoms with Crippen molar-refractivity contribution in [2.75, 3.05) is 25.9 Å². The molecular weight excluding hydrogens is 352 g/mol. The van der Waals surface area contributed by atoms with Crippen LogP contribution in [0.4, 0.5) is 5.69 Å². The summed E-state index contributed by atoms with van der Waals surface area (Å²) in [6.45, 7) is -0.328. The molecule has 1 heterocycles. The highest BCUT2D eigenvalue weighted by molar-refractivity contribution is 9.10. The van der Waals surface area contributed by atoms with Gasteiger partial charge >= 0.3 is 0 Å². The van der Waals surface area contributed by atoms with Crippen LogP contribution in [0.2, 0.25) is 0 Å². The number of halogens is 1. The first kappa shape index (κ1) is 15.5. The zero-order valence-corrected chi connectivity index (χ0v) is 13.1. The Morgan fingerprint density at radius 3 is 2.40 bits per heavy atom. The monoisotopic (exact) mass is 366 g/mol. The van der Waals surface area contributed by atoms with Crippen molar-refractivity contribution in [3.63, 3.8) is 0 Å². The van der Waals surface area contributed by atoms with Gasteiger partial charge in [-0.25, -0.2) is 8.42 Å². The Morgan fingerprint density at radius 2 is 1.90 bits per heavy atom. The predicted octanol–water partition coefficient (Wildman–Crippen LogP) is -0.234. The van der Waals surface area contributed by atoms with E-state index in [1.54, 1.807) is 0 Å². The number of nitrogens with two attached hydrogens (primary N) is 1. The maximum atomic E-state index is 12.5. The first-order valence-electron chi connectivity index (χ1n) is 5.76. The molecular formula is C11H15BrN2O5S. The fourth-order valence-corrected chi connectivity index (χ4v) is 3.95. The molecule has 0 saturated carbocycles. The Bertz CT molecular complexity index is 611. The molecule has 1 aliphatic rings. The first-order chi connectivity index (χ1) is 9.27. The minimum absolute atomic E-state index is 0.0954. The molecule has 0 amide bonds.